The van der Waals surface area contributed by atoms with Gasteiger partial charge in [-0.15, -0.1) is 0 Å². The summed E-state index contributed by atoms with van der Waals surface area (Å²) >= 11 is 0. The first-order valence-corrected chi connectivity index (χ1v) is 7.50. The number of benzene rings is 1. The zero-order chi connectivity index (χ0) is 15.8. The molecule has 0 heterocycles. The van der Waals surface area contributed by atoms with E-state index in [0.29, 0.717) is 12.3 Å². The summed E-state index contributed by atoms with van der Waals surface area (Å²) in [7, 11) is 0. The van der Waals surface area contributed by atoms with E-state index in [-0.39, 0.29) is 24.4 Å². The van der Waals surface area contributed by atoms with Gasteiger partial charge in [-0.25, -0.2) is 0 Å². The Morgan fingerprint density at radius 2 is 1.52 bits per heavy atom. The smallest absolute Gasteiger partial charge is 0.239 e. The minimum Gasteiger partial charge on any atom is -0.352 e. The van der Waals surface area contributed by atoms with Gasteiger partial charge in [0.25, 0.3) is 0 Å². The largest absolute Gasteiger partial charge is 0.352 e. The van der Waals surface area contributed by atoms with Crippen molar-refractivity contribution in [2.24, 2.45) is 5.92 Å². The van der Waals surface area contributed by atoms with Gasteiger partial charge in [-0.1, -0.05) is 38.1 Å². The molecule has 2 N–H and O–H groups in total. The summed E-state index contributed by atoms with van der Waals surface area (Å²) < 4.78 is 0. The second kappa shape index (κ2) is 8.45. The van der Waals surface area contributed by atoms with Crippen molar-refractivity contribution in [1.82, 2.24) is 10.6 Å². The van der Waals surface area contributed by atoms with Crippen molar-refractivity contribution < 1.29 is 9.59 Å². The van der Waals surface area contributed by atoms with E-state index in [9.17, 15) is 9.59 Å². The Kier molecular flexibility index (Phi) is 6.92. The van der Waals surface area contributed by atoms with Crippen LogP contribution in [0.4, 0.5) is 0 Å². The molecule has 4 heteroatoms. The van der Waals surface area contributed by atoms with Crippen LogP contribution in [0.3, 0.4) is 0 Å². The Labute approximate surface area is 127 Å². The third kappa shape index (κ3) is 7.49. The van der Waals surface area contributed by atoms with Crippen molar-refractivity contribution in [3.8, 4) is 0 Å². The number of hydrogen-bond acceptors (Lipinski definition) is 2. The number of amides is 2. The highest BCUT2D eigenvalue weighted by molar-refractivity contribution is 5.85. The zero-order valence-electron chi connectivity index (χ0n) is 13.4. The molecule has 4 nitrogen and oxygen atoms in total. The van der Waals surface area contributed by atoms with Crippen LogP contribution >= 0.6 is 0 Å². The standard InChI is InChI=1S/C17H26N2O2/c1-12(2)9-14-5-7-15(8-6-14)10-16(20)18-11-17(21)19-13(3)4/h5-8,12-13H,9-11H2,1-4H3,(H,18,20)(H,19,21). The van der Waals surface area contributed by atoms with E-state index in [4.69, 9.17) is 0 Å². The number of rotatable bonds is 7. The Hall–Kier alpha value is -1.84. The summed E-state index contributed by atoms with van der Waals surface area (Å²) in [4.78, 5) is 23.2. The molecule has 0 fully saturated rings. The molecule has 0 aliphatic carbocycles. The number of nitrogens with one attached hydrogen (secondary N) is 2. The Bertz CT molecular complexity index is 464. The van der Waals surface area contributed by atoms with E-state index in [1.54, 1.807) is 0 Å². The van der Waals surface area contributed by atoms with Gasteiger partial charge in [-0.2, -0.15) is 0 Å². The van der Waals surface area contributed by atoms with Crippen LogP contribution in [0.5, 0.6) is 0 Å². The third-order valence-electron chi connectivity index (χ3n) is 2.93. The van der Waals surface area contributed by atoms with E-state index in [2.05, 4.69) is 36.6 Å². The maximum absolute atomic E-state index is 11.8. The average molecular weight is 290 g/mol. The third-order valence-corrected chi connectivity index (χ3v) is 2.93. The monoisotopic (exact) mass is 290 g/mol. The van der Waals surface area contributed by atoms with Gasteiger partial charge in [0.2, 0.25) is 11.8 Å². The maximum atomic E-state index is 11.8. The fraction of sp³-hybridized carbons (Fsp3) is 0.529. The number of carbonyl (C=O) groups is 2. The van der Waals surface area contributed by atoms with E-state index in [0.717, 1.165) is 12.0 Å². The molecular formula is C17H26N2O2. The van der Waals surface area contributed by atoms with E-state index in [1.165, 1.54) is 5.56 Å². The summed E-state index contributed by atoms with van der Waals surface area (Å²) in [6.07, 6.45) is 1.35. The van der Waals surface area contributed by atoms with Crippen LogP contribution in [0, 0.1) is 5.92 Å². The molecule has 2 amide bonds. The lowest BCUT2D eigenvalue weighted by Gasteiger charge is -2.10. The van der Waals surface area contributed by atoms with E-state index < -0.39 is 0 Å². The molecule has 0 bridgehead atoms. The van der Waals surface area contributed by atoms with Gasteiger partial charge in [0.15, 0.2) is 0 Å². The number of hydrogen-bond donors (Lipinski definition) is 2. The highest BCUT2D eigenvalue weighted by Crippen LogP contribution is 2.10. The van der Waals surface area contributed by atoms with Crippen molar-refractivity contribution in [2.75, 3.05) is 6.54 Å². The lowest BCUT2D eigenvalue weighted by molar-refractivity contribution is -0.126. The van der Waals surface area contributed by atoms with Gasteiger partial charge in [-0.05, 0) is 37.3 Å². The lowest BCUT2D eigenvalue weighted by atomic mass is 10.0. The Morgan fingerprint density at radius 3 is 2.05 bits per heavy atom. The predicted molar refractivity (Wildman–Crippen MR) is 85.0 cm³/mol. The van der Waals surface area contributed by atoms with Gasteiger partial charge in [-0.3, -0.25) is 9.59 Å². The highest BCUT2D eigenvalue weighted by atomic mass is 16.2. The molecule has 0 radical (unpaired) electrons. The van der Waals surface area contributed by atoms with Crippen molar-refractivity contribution in [2.45, 2.75) is 46.6 Å². The molecule has 1 aromatic rings. The molecule has 1 rings (SSSR count). The van der Waals surface area contributed by atoms with E-state index >= 15 is 0 Å². The van der Waals surface area contributed by atoms with Crippen molar-refractivity contribution in [3.63, 3.8) is 0 Å². The SMILES string of the molecule is CC(C)Cc1ccc(CC(=O)NCC(=O)NC(C)C)cc1. The molecule has 21 heavy (non-hydrogen) atoms. The highest BCUT2D eigenvalue weighted by Gasteiger charge is 2.07. The van der Waals surface area contributed by atoms with Crippen molar-refractivity contribution in [1.29, 1.82) is 0 Å². The second-order valence-electron chi connectivity index (χ2n) is 6.09. The summed E-state index contributed by atoms with van der Waals surface area (Å²) in [5, 5.41) is 5.37. The fourth-order valence-corrected chi connectivity index (χ4v) is 2.06. The lowest BCUT2D eigenvalue weighted by Crippen LogP contribution is -2.40. The van der Waals surface area contributed by atoms with Gasteiger partial charge < -0.3 is 10.6 Å². The van der Waals surface area contributed by atoms with Gasteiger partial charge in [0.1, 0.15) is 0 Å². The fourth-order valence-electron chi connectivity index (χ4n) is 2.06. The topological polar surface area (TPSA) is 58.2 Å². The minimum absolute atomic E-state index is 0.0302. The molecule has 0 atom stereocenters. The van der Waals surface area contributed by atoms with Gasteiger partial charge in [0.05, 0.1) is 13.0 Å². The number of carbonyl (C=O) groups excluding carboxylic acids is 2. The molecular weight excluding hydrogens is 264 g/mol. The maximum Gasteiger partial charge on any atom is 0.239 e. The van der Waals surface area contributed by atoms with Crippen LogP contribution in [0.15, 0.2) is 24.3 Å². The summed E-state index contributed by atoms with van der Waals surface area (Å²) in [6, 6.07) is 8.17. The first-order chi connectivity index (χ1) is 9.86. The molecule has 0 saturated heterocycles. The Balaban J connectivity index is 2.39. The Morgan fingerprint density at radius 1 is 0.952 bits per heavy atom. The first-order valence-electron chi connectivity index (χ1n) is 7.50. The van der Waals surface area contributed by atoms with E-state index in [1.807, 2.05) is 26.0 Å². The average Bonchev–Trinajstić information content (AvgIpc) is 2.37. The normalized spacial score (nSPS) is 10.8. The van der Waals surface area contributed by atoms with Crippen LogP contribution in [0.1, 0.15) is 38.8 Å². The van der Waals surface area contributed by atoms with Crippen molar-refractivity contribution >= 4 is 11.8 Å². The molecule has 0 aromatic heterocycles. The zero-order valence-corrected chi connectivity index (χ0v) is 13.4. The van der Waals surface area contributed by atoms with Crippen LogP contribution < -0.4 is 10.6 Å². The molecule has 0 saturated carbocycles. The van der Waals surface area contributed by atoms with Gasteiger partial charge in [0, 0.05) is 6.04 Å². The first kappa shape index (κ1) is 17.2. The molecule has 0 spiro atoms. The van der Waals surface area contributed by atoms with Crippen LogP contribution in [-0.4, -0.2) is 24.4 Å². The summed E-state index contributed by atoms with van der Waals surface area (Å²) in [5.41, 5.74) is 2.25. The van der Waals surface area contributed by atoms with Crippen molar-refractivity contribution in [3.05, 3.63) is 35.4 Å². The van der Waals surface area contributed by atoms with Crippen LogP contribution in [0.2, 0.25) is 0 Å². The van der Waals surface area contributed by atoms with Crippen LogP contribution in [0.25, 0.3) is 0 Å². The molecule has 0 aliphatic rings. The molecule has 0 aliphatic heterocycles. The second-order valence-corrected chi connectivity index (χ2v) is 6.09. The molecule has 116 valence electrons. The molecule has 1 aromatic carbocycles. The predicted octanol–water partition coefficient (Wildman–Crippen LogP) is 2.07. The molecule has 0 unspecified atom stereocenters. The summed E-state index contributed by atoms with van der Waals surface area (Å²) in [5.74, 6) is 0.328. The minimum atomic E-state index is -0.161. The van der Waals surface area contributed by atoms with Crippen LogP contribution in [-0.2, 0) is 22.4 Å². The quantitative estimate of drug-likeness (QED) is 0.807. The summed E-state index contributed by atoms with van der Waals surface area (Å²) in [6.45, 7) is 8.17. The van der Waals surface area contributed by atoms with Gasteiger partial charge >= 0.3 is 0 Å².